The third-order valence-electron chi connectivity index (χ3n) is 8.87. The number of methoxy groups -OCH3 is 2. The fourth-order valence-corrected chi connectivity index (χ4v) is 6.30. The maximum absolute atomic E-state index is 13.8. The van der Waals surface area contributed by atoms with Gasteiger partial charge in [-0.25, -0.2) is 9.59 Å². The molecule has 0 bridgehead atoms. The number of Topliss-reactive ketones (excluding diaryl/α,β-unsaturated/α-hetero) is 1. The van der Waals surface area contributed by atoms with Crippen LogP contribution in [0.1, 0.15) is 68.6 Å². The number of ether oxygens (including phenoxy) is 4. The van der Waals surface area contributed by atoms with Crippen molar-refractivity contribution >= 4 is 23.6 Å². The number of rotatable bonds is 14. The van der Waals surface area contributed by atoms with E-state index >= 15 is 0 Å². The molecule has 1 heterocycles. The third-order valence-corrected chi connectivity index (χ3v) is 8.87. The van der Waals surface area contributed by atoms with E-state index in [1.54, 1.807) is 37.4 Å². The van der Waals surface area contributed by atoms with Gasteiger partial charge < -0.3 is 39.2 Å². The molecule has 1 amide bonds. The van der Waals surface area contributed by atoms with Crippen molar-refractivity contribution < 1.29 is 53.4 Å². The number of hydrogen-bond acceptors (Lipinski definition) is 10. The van der Waals surface area contributed by atoms with Crippen molar-refractivity contribution in [1.29, 1.82) is 0 Å². The summed E-state index contributed by atoms with van der Waals surface area (Å²) in [5.74, 6) is -3.13. The summed E-state index contributed by atoms with van der Waals surface area (Å²) in [4.78, 5) is 53.1. The summed E-state index contributed by atoms with van der Waals surface area (Å²) in [6, 6.07) is 11.0. The van der Waals surface area contributed by atoms with Crippen LogP contribution in [0, 0.1) is 5.92 Å². The molecule has 0 radical (unpaired) electrons. The maximum atomic E-state index is 13.8. The quantitative estimate of drug-likeness (QED) is 0.205. The number of carbonyl (C=O) groups is 4. The molecule has 0 spiro atoms. The monoisotopic (exact) mass is 641 g/mol. The van der Waals surface area contributed by atoms with E-state index in [0.29, 0.717) is 55.6 Å². The molecule has 1 aliphatic heterocycles. The van der Waals surface area contributed by atoms with Crippen LogP contribution in [0.15, 0.2) is 42.5 Å². The van der Waals surface area contributed by atoms with E-state index in [-0.39, 0.29) is 25.1 Å². The molecule has 2 aromatic carbocycles. The van der Waals surface area contributed by atoms with E-state index in [1.165, 1.54) is 12.0 Å². The van der Waals surface area contributed by atoms with Gasteiger partial charge in [0, 0.05) is 19.1 Å². The lowest BCUT2D eigenvalue weighted by molar-refractivity contribution is -0.170. The molecule has 1 aliphatic carbocycles. The molecule has 12 nitrogen and oxygen atoms in total. The number of ketones is 1. The molecular formula is C34H43NO11. The van der Waals surface area contributed by atoms with Crippen molar-refractivity contribution in [3.8, 4) is 17.2 Å². The Morgan fingerprint density at radius 3 is 2.46 bits per heavy atom. The molecule has 250 valence electrons. The normalized spacial score (nSPS) is 22.0. The SMILES string of the molecule is COc1ccc(CC[C@@H](OC(=O)[C@@H]2CCCCN2C(=O)C(=O)[C@@]2(O)CCCC[C@H]2CO)c2cccc(OCC(=O)O)c2)cc1OC. The molecule has 4 rings (SSSR count). The first kappa shape index (κ1) is 34.7. The molecule has 0 unspecified atom stereocenters. The van der Waals surface area contributed by atoms with Crippen LogP contribution in [0.3, 0.4) is 0 Å². The van der Waals surface area contributed by atoms with Gasteiger partial charge in [0.2, 0.25) is 0 Å². The van der Waals surface area contributed by atoms with E-state index in [2.05, 4.69) is 0 Å². The number of hydrogen-bond donors (Lipinski definition) is 3. The number of aliphatic hydroxyl groups is 2. The van der Waals surface area contributed by atoms with Gasteiger partial charge in [0.1, 0.15) is 23.5 Å². The van der Waals surface area contributed by atoms with Gasteiger partial charge in [0.05, 0.1) is 14.2 Å². The minimum atomic E-state index is -1.98. The minimum Gasteiger partial charge on any atom is -0.493 e. The van der Waals surface area contributed by atoms with E-state index in [0.717, 1.165) is 12.0 Å². The fraction of sp³-hybridized carbons (Fsp3) is 0.529. The van der Waals surface area contributed by atoms with Gasteiger partial charge in [-0.2, -0.15) is 0 Å². The highest BCUT2D eigenvalue weighted by Crippen LogP contribution is 2.36. The van der Waals surface area contributed by atoms with E-state index < -0.39 is 60.5 Å². The molecule has 2 aliphatic rings. The van der Waals surface area contributed by atoms with Crippen molar-refractivity contribution in [2.24, 2.45) is 5.92 Å². The summed E-state index contributed by atoms with van der Waals surface area (Å²) in [6.07, 6.45) is 3.25. The van der Waals surface area contributed by atoms with Crippen LogP contribution in [0.25, 0.3) is 0 Å². The molecule has 0 aromatic heterocycles. The summed E-state index contributed by atoms with van der Waals surface area (Å²) >= 11 is 0. The van der Waals surface area contributed by atoms with E-state index in [9.17, 15) is 29.4 Å². The van der Waals surface area contributed by atoms with Crippen molar-refractivity contribution in [2.45, 2.75) is 75.5 Å². The number of aryl methyl sites for hydroxylation is 1. The summed E-state index contributed by atoms with van der Waals surface area (Å²) in [5.41, 5.74) is -0.533. The maximum Gasteiger partial charge on any atom is 0.341 e. The number of carboxylic acids is 1. The van der Waals surface area contributed by atoms with Crippen molar-refractivity contribution in [2.75, 3.05) is 34.0 Å². The fourth-order valence-electron chi connectivity index (χ4n) is 6.30. The molecule has 3 N–H and O–H groups in total. The Bertz CT molecular complexity index is 1390. The first-order valence-electron chi connectivity index (χ1n) is 15.7. The predicted molar refractivity (Wildman–Crippen MR) is 165 cm³/mol. The Balaban J connectivity index is 1.57. The average molecular weight is 642 g/mol. The number of nitrogens with zero attached hydrogens (tertiary/aromatic N) is 1. The van der Waals surface area contributed by atoms with E-state index in [1.807, 2.05) is 12.1 Å². The number of amides is 1. The number of aliphatic carboxylic acids is 1. The van der Waals surface area contributed by atoms with Crippen LogP contribution in [0.4, 0.5) is 0 Å². The van der Waals surface area contributed by atoms with Gasteiger partial charge in [-0.3, -0.25) is 9.59 Å². The zero-order valence-electron chi connectivity index (χ0n) is 26.3. The Morgan fingerprint density at radius 2 is 1.74 bits per heavy atom. The highest BCUT2D eigenvalue weighted by atomic mass is 16.5. The number of esters is 1. The summed E-state index contributed by atoms with van der Waals surface area (Å²) < 4.78 is 22.2. The second kappa shape index (κ2) is 15.9. The molecule has 1 saturated heterocycles. The topological polar surface area (TPSA) is 169 Å². The Kier molecular flexibility index (Phi) is 12.0. The third kappa shape index (κ3) is 8.16. The molecular weight excluding hydrogens is 598 g/mol. The van der Waals surface area contributed by atoms with Gasteiger partial charge in [-0.05, 0) is 80.3 Å². The van der Waals surface area contributed by atoms with Crippen molar-refractivity contribution in [3.63, 3.8) is 0 Å². The lowest BCUT2D eigenvalue weighted by Gasteiger charge is -2.40. The Labute approximate surface area is 268 Å². The highest BCUT2D eigenvalue weighted by molar-refractivity contribution is 6.39. The van der Waals surface area contributed by atoms with Gasteiger partial charge in [0.25, 0.3) is 11.7 Å². The smallest absolute Gasteiger partial charge is 0.341 e. The second-order valence-electron chi connectivity index (χ2n) is 11.8. The summed E-state index contributed by atoms with van der Waals surface area (Å²) in [6.45, 7) is -0.812. The van der Waals surface area contributed by atoms with Crippen molar-refractivity contribution in [3.05, 3.63) is 53.6 Å². The molecule has 4 atom stereocenters. The first-order chi connectivity index (χ1) is 22.1. The van der Waals surface area contributed by atoms with Crippen LogP contribution in [-0.2, 0) is 30.3 Å². The molecule has 1 saturated carbocycles. The van der Waals surface area contributed by atoms with Crippen LogP contribution < -0.4 is 14.2 Å². The van der Waals surface area contributed by atoms with Crippen LogP contribution in [-0.4, -0.2) is 89.5 Å². The van der Waals surface area contributed by atoms with Crippen LogP contribution in [0.2, 0.25) is 0 Å². The average Bonchev–Trinajstić information content (AvgIpc) is 3.08. The minimum absolute atomic E-state index is 0.0737. The lowest BCUT2D eigenvalue weighted by atomic mass is 9.73. The van der Waals surface area contributed by atoms with Gasteiger partial charge >= 0.3 is 11.9 Å². The van der Waals surface area contributed by atoms with E-state index in [4.69, 9.17) is 24.1 Å². The zero-order chi connectivity index (χ0) is 33.3. The number of piperidine rings is 1. The molecule has 12 heteroatoms. The number of carboxylic acid groups (broad SMARTS) is 1. The Morgan fingerprint density at radius 1 is 0.978 bits per heavy atom. The first-order valence-corrected chi connectivity index (χ1v) is 15.7. The molecule has 46 heavy (non-hydrogen) atoms. The number of carbonyl (C=O) groups excluding carboxylic acids is 3. The second-order valence-corrected chi connectivity index (χ2v) is 11.8. The highest BCUT2D eigenvalue weighted by Gasteiger charge is 2.50. The molecule has 2 fully saturated rings. The predicted octanol–water partition coefficient (Wildman–Crippen LogP) is 3.25. The summed E-state index contributed by atoms with van der Waals surface area (Å²) in [7, 11) is 3.08. The number of likely N-dealkylation sites (tertiary alicyclic amines) is 1. The number of benzene rings is 2. The van der Waals surface area contributed by atoms with Gasteiger partial charge in [0.15, 0.2) is 18.1 Å². The van der Waals surface area contributed by atoms with Crippen LogP contribution >= 0.6 is 0 Å². The van der Waals surface area contributed by atoms with Crippen LogP contribution in [0.5, 0.6) is 17.2 Å². The lowest BCUT2D eigenvalue weighted by Crippen LogP contribution is -2.59. The zero-order valence-corrected chi connectivity index (χ0v) is 26.3. The largest absolute Gasteiger partial charge is 0.493 e. The van der Waals surface area contributed by atoms with Gasteiger partial charge in [-0.1, -0.05) is 31.0 Å². The number of aliphatic hydroxyl groups excluding tert-OH is 1. The Hall–Kier alpha value is -4.16. The summed E-state index contributed by atoms with van der Waals surface area (Å²) in [5, 5.41) is 30.1. The van der Waals surface area contributed by atoms with Crippen molar-refractivity contribution in [1.82, 2.24) is 4.90 Å². The molecule has 2 aromatic rings. The standard InChI is InChI=1S/C34H43NO11/c1-43-28-15-13-22(18-29(28)44-2)12-14-27(23-8-7-10-25(19-23)45-21-30(37)38)46-33(41)26-11-4-6-17-35(26)32(40)31(39)34(42)16-5-3-9-24(34)20-36/h7-8,10,13,15,18-19,24,26-27,36,42H,3-6,9,11-12,14,16-17,20-21H2,1-2H3,(H,37,38)/t24-,26-,27+,34+/m0/s1. The van der Waals surface area contributed by atoms with Gasteiger partial charge in [-0.15, -0.1) is 0 Å².